The Hall–Kier alpha value is -0.900. The van der Waals surface area contributed by atoms with Crippen LogP contribution in [-0.4, -0.2) is 10.9 Å². The second-order valence-electron chi connectivity index (χ2n) is 1.89. The van der Waals surface area contributed by atoms with E-state index in [1.807, 2.05) is 5.38 Å². The van der Waals surface area contributed by atoms with Crippen LogP contribution in [0, 0.1) is 0 Å². The first-order valence-corrected chi connectivity index (χ1v) is 3.83. The van der Waals surface area contributed by atoms with Gasteiger partial charge in [-0.05, 0) is 0 Å². The summed E-state index contributed by atoms with van der Waals surface area (Å²) in [7, 11) is 0. The maximum Gasteiger partial charge on any atom is 0.217 e. The molecule has 0 unspecified atom stereocenters. The van der Waals surface area contributed by atoms with E-state index in [1.165, 1.54) is 0 Å². The van der Waals surface area contributed by atoms with E-state index in [0.717, 1.165) is 5.01 Å². The van der Waals surface area contributed by atoms with Gasteiger partial charge in [-0.25, -0.2) is 4.98 Å². The minimum absolute atomic E-state index is 0. The highest BCUT2D eigenvalue weighted by atomic mass is 32.1. The average molecular weight is 158 g/mol. The summed E-state index contributed by atoms with van der Waals surface area (Å²) >= 11 is 1.55. The van der Waals surface area contributed by atoms with Gasteiger partial charge in [-0.2, -0.15) is 0 Å². The van der Waals surface area contributed by atoms with Crippen LogP contribution in [0.25, 0.3) is 0 Å². The van der Waals surface area contributed by atoms with E-state index in [1.54, 1.807) is 17.5 Å². The van der Waals surface area contributed by atoms with Gasteiger partial charge in [0, 0.05) is 25.8 Å². The Morgan fingerprint density at radius 2 is 2.70 bits per heavy atom. The van der Waals surface area contributed by atoms with E-state index >= 15 is 0 Å². The number of thiazole rings is 1. The Morgan fingerprint density at radius 3 is 3.20 bits per heavy atom. The molecule has 0 fully saturated rings. The quantitative estimate of drug-likeness (QED) is 0.707. The molecule has 1 rings (SSSR count). The van der Waals surface area contributed by atoms with Crippen LogP contribution in [0.15, 0.2) is 11.6 Å². The van der Waals surface area contributed by atoms with Gasteiger partial charge in [-0.15, -0.1) is 11.3 Å². The Kier molecular flexibility index (Phi) is 2.39. The molecule has 4 heteroatoms. The van der Waals surface area contributed by atoms with E-state index in [2.05, 4.69) is 4.98 Å². The number of nitrogens with zero attached hydrogens (tertiary/aromatic N) is 1. The summed E-state index contributed by atoms with van der Waals surface area (Å²) < 4.78 is 0. The lowest BCUT2D eigenvalue weighted by Gasteiger charge is -1.89. The zero-order valence-corrected chi connectivity index (χ0v) is 6.23. The monoisotopic (exact) mass is 158 g/mol. The van der Waals surface area contributed by atoms with Crippen LogP contribution >= 0.6 is 11.3 Å². The van der Waals surface area contributed by atoms with Gasteiger partial charge in [0.2, 0.25) is 5.91 Å². The zero-order chi connectivity index (χ0) is 7.40. The molecule has 2 N–H and O–H groups in total. The van der Waals surface area contributed by atoms with Crippen LogP contribution in [0.1, 0.15) is 12.9 Å². The van der Waals surface area contributed by atoms with Crippen molar-refractivity contribution in [1.82, 2.24) is 4.98 Å². The summed E-state index contributed by atoms with van der Waals surface area (Å²) in [5, 5.41) is 2.86. The molecule has 1 heterocycles. The minimum Gasteiger partial charge on any atom is -0.370 e. The Bertz CT molecular complexity index is 212. The number of carbonyl (C=O) groups is 1. The van der Waals surface area contributed by atoms with Crippen LogP contribution in [0.2, 0.25) is 0 Å². The van der Waals surface area contributed by atoms with Gasteiger partial charge >= 0.3 is 0 Å². The standard InChI is InChI=1S/C6H8N2OS.H2/c7-5(9)1-2-6-8-3-4-10-6;/h3-4H,1-2H2,(H2,7,9);1H. The third-order valence-corrected chi connectivity index (χ3v) is 1.91. The maximum atomic E-state index is 10.3. The van der Waals surface area contributed by atoms with Gasteiger partial charge in [0.1, 0.15) is 0 Å². The highest BCUT2D eigenvalue weighted by Gasteiger charge is 1.97. The van der Waals surface area contributed by atoms with Gasteiger partial charge in [0.05, 0.1) is 5.01 Å². The van der Waals surface area contributed by atoms with Gasteiger partial charge in [0.25, 0.3) is 0 Å². The van der Waals surface area contributed by atoms with Gasteiger partial charge in [-0.3, -0.25) is 4.79 Å². The summed E-state index contributed by atoms with van der Waals surface area (Å²) in [6, 6.07) is 0. The van der Waals surface area contributed by atoms with Gasteiger partial charge < -0.3 is 5.73 Å². The fraction of sp³-hybridized carbons (Fsp3) is 0.333. The van der Waals surface area contributed by atoms with Crippen molar-refractivity contribution >= 4 is 17.2 Å². The maximum absolute atomic E-state index is 10.3. The molecule has 0 bridgehead atoms. The van der Waals surface area contributed by atoms with Crippen molar-refractivity contribution in [1.29, 1.82) is 0 Å². The summed E-state index contributed by atoms with van der Waals surface area (Å²) in [4.78, 5) is 14.3. The van der Waals surface area contributed by atoms with Crippen LogP contribution in [0.5, 0.6) is 0 Å². The van der Waals surface area contributed by atoms with Crippen LogP contribution in [0.4, 0.5) is 0 Å². The second kappa shape index (κ2) is 3.31. The number of amides is 1. The molecule has 0 spiro atoms. The largest absolute Gasteiger partial charge is 0.370 e. The molecule has 0 atom stereocenters. The molecular weight excluding hydrogens is 148 g/mol. The molecule has 56 valence electrons. The molecular formula is C6H10N2OS. The highest BCUT2D eigenvalue weighted by molar-refractivity contribution is 7.09. The fourth-order valence-corrected chi connectivity index (χ4v) is 1.23. The van der Waals surface area contributed by atoms with Crippen LogP contribution in [0.3, 0.4) is 0 Å². The highest BCUT2D eigenvalue weighted by Crippen LogP contribution is 2.05. The van der Waals surface area contributed by atoms with E-state index in [-0.39, 0.29) is 7.33 Å². The van der Waals surface area contributed by atoms with E-state index < -0.39 is 0 Å². The van der Waals surface area contributed by atoms with Gasteiger partial charge in [-0.1, -0.05) is 0 Å². The zero-order valence-electron chi connectivity index (χ0n) is 5.41. The first-order valence-electron chi connectivity index (χ1n) is 2.95. The topological polar surface area (TPSA) is 56.0 Å². The number of hydrogen-bond acceptors (Lipinski definition) is 3. The molecule has 0 saturated heterocycles. The molecule has 1 aromatic rings. The Morgan fingerprint density at radius 1 is 1.90 bits per heavy atom. The molecule has 0 aliphatic heterocycles. The lowest BCUT2D eigenvalue weighted by Crippen LogP contribution is -2.10. The molecule has 10 heavy (non-hydrogen) atoms. The number of aromatic nitrogens is 1. The third-order valence-electron chi connectivity index (χ3n) is 1.07. The summed E-state index contributed by atoms with van der Waals surface area (Å²) in [6.45, 7) is 0. The van der Waals surface area contributed by atoms with Crippen molar-refractivity contribution in [2.45, 2.75) is 12.8 Å². The van der Waals surface area contributed by atoms with Crippen molar-refractivity contribution in [3.05, 3.63) is 16.6 Å². The number of nitrogens with two attached hydrogens (primary N) is 1. The molecule has 1 amide bonds. The summed E-state index contributed by atoms with van der Waals surface area (Å²) in [5.74, 6) is -0.268. The smallest absolute Gasteiger partial charge is 0.217 e. The van der Waals surface area contributed by atoms with Crippen LogP contribution < -0.4 is 5.73 Å². The van der Waals surface area contributed by atoms with E-state index in [0.29, 0.717) is 12.8 Å². The molecule has 0 saturated carbocycles. The number of aryl methyl sites for hydroxylation is 1. The molecule has 0 radical (unpaired) electrons. The Balaban J connectivity index is 0.000001000. The fourth-order valence-electron chi connectivity index (χ4n) is 0.607. The third kappa shape index (κ3) is 2.14. The van der Waals surface area contributed by atoms with Crippen molar-refractivity contribution in [2.24, 2.45) is 5.73 Å². The lowest BCUT2D eigenvalue weighted by molar-refractivity contribution is -0.117. The van der Waals surface area contributed by atoms with E-state index in [9.17, 15) is 4.79 Å². The first-order chi connectivity index (χ1) is 4.79. The van der Waals surface area contributed by atoms with Crippen molar-refractivity contribution in [3.8, 4) is 0 Å². The van der Waals surface area contributed by atoms with Crippen LogP contribution in [-0.2, 0) is 11.2 Å². The molecule has 0 aliphatic carbocycles. The number of rotatable bonds is 3. The summed E-state index contributed by atoms with van der Waals surface area (Å²) in [5.41, 5.74) is 4.95. The number of carbonyl (C=O) groups excluding carboxylic acids is 1. The second-order valence-corrected chi connectivity index (χ2v) is 2.87. The molecule has 0 aromatic carbocycles. The molecule has 3 nitrogen and oxygen atoms in total. The molecule has 0 aliphatic rings. The predicted octanol–water partition coefficient (Wildman–Crippen LogP) is 0.807. The number of primary amides is 1. The summed E-state index contributed by atoms with van der Waals surface area (Å²) in [6.07, 6.45) is 2.79. The Labute approximate surface area is 64.4 Å². The average Bonchev–Trinajstić information content (AvgIpc) is 2.34. The van der Waals surface area contributed by atoms with E-state index in [4.69, 9.17) is 5.73 Å². The normalized spacial score (nSPS) is 9.60. The number of hydrogen-bond donors (Lipinski definition) is 1. The predicted molar refractivity (Wildman–Crippen MR) is 41.7 cm³/mol. The first kappa shape index (κ1) is 7.21. The lowest BCUT2D eigenvalue weighted by atomic mass is 10.3. The molecule has 1 aromatic heterocycles. The van der Waals surface area contributed by atoms with Crippen molar-refractivity contribution < 1.29 is 6.22 Å². The van der Waals surface area contributed by atoms with Crippen molar-refractivity contribution in [2.75, 3.05) is 0 Å². The SMILES string of the molecule is NC(=O)CCc1nccs1.[HH]. The van der Waals surface area contributed by atoms with Gasteiger partial charge in [0.15, 0.2) is 0 Å². The van der Waals surface area contributed by atoms with Crippen molar-refractivity contribution in [3.63, 3.8) is 0 Å². The minimum atomic E-state index is -0.268.